The molecule has 3 N–H and O–H groups in total. The van der Waals surface area contributed by atoms with Gasteiger partial charge in [0.1, 0.15) is 5.70 Å². The summed E-state index contributed by atoms with van der Waals surface area (Å²) >= 11 is 0. The van der Waals surface area contributed by atoms with Crippen molar-refractivity contribution in [2.75, 3.05) is 12.3 Å². The third-order valence-corrected chi connectivity index (χ3v) is 7.38. The van der Waals surface area contributed by atoms with Crippen molar-refractivity contribution in [2.45, 2.75) is 53.0 Å². The van der Waals surface area contributed by atoms with Gasteiger partial charge in [-0.1, -0.05) is 44.5 Å². The number of nitrogens with zero attached hydrogens (tertiary/aromatic N) is 1. The molecule has 0 fully saturated rings. The van der Waals surface area contributed by atoms with E-state index in [2.05, 4.69) is 58.4 Å². The van der Waals surface area contributed by atoms with Crippen molar-refractivity contribution >= 4 is 21.6 Å². The predicted octanol–water partition coefficient (Wildman–Crippen LogP) is 4.06. The summed E-state index contributed by atoms with van der Waals surface area (Å²) in [5.74, 6) is -0.508. The number of carbonyl (C=O) groups is 1. The average Bonchev–Trinajstić information content (AvgIpc) is 3.09. The SMILES string of the molecule is Cc1cc(C)c(CN2CC(C(C)(C)C)C=C2C(=O)NS(=O)(=O)c2cccc(N)c2)c(C)c1. The Morgan fingerprint density at radius 2 is 1.75 bits per heavy atom. The van der Waals surface area contributed by atoms with Crippen LogP contribution in [0.2, 0.25) is 0 Å². The molecule has 0 aliphatic carbocycles. The third kappa shape index (κ3) is 5.15. The molecule has 0 saturated carbocycles. The van der Waals surface area contributed by atoms with Crippen LogP contribution in [-0.4, -0.2) is 25.8 Å². The summed E-state index contributed by atoms with van der Waals surface area (Å²) in [6.45, 7) is 13.8. The first kappa shape index (κ1) is 23.9. The Balaban J connectivity index is 1.92. The minimum Gasteiger partial charge on any atom is -0.399 e. The number of benzene rings is 2. The summed E-state index contributed by atoms with van der Waals surface area (Å²) in [6, 6.07) is 10.2. The molecule has 172 valence electrons. The van der Waals surface area contributed by atoms with E-state index < -0.39 is 15.9 Å². The molecule has 1 heterocycles. The van der Waals surface area contributed by atoms with Crippen LogP contribution in [0.3, 0.4) is 0 Å². The van der Waals surface area contributed by atoms with Gasteiger partial charge in [-0.3, -0.25) is 4.79 Å². The number of carbonyl (C=O) groups excluding carboxylic acids is 1. The number of hydrogen-bond donors (Lipinski definition) is 2. The van der Waals surface area contributed by atoms with E-state index in [0.29, 0.717) is 24.5 Å². The maximum Gasteiger partial charge on any atom is 0.280 e. The number of rotatable bonds is 5. The number of sulfonamides is 1. The van der Waals surface area contributed by atoms with E-state index in [1.165, 1.54) is 17.7 Å². The lowest BCUT2D eigenvalue weighted by atomic mass is 9.81. The molecule has 1 unspecified atom stereocenters. The molecule has 0 bridgehead atoms. The Hall–Kier alpha value is -2.80. The highest BCUT2D eigenvalue weighted by atomic mass is 32.2. The van der Waals surface area contributed by atoms with Crippen molar-refractivity contribution in [3.05, 3.63) is 70.4 Å². The summed E-state index contributed by atoms with van der Waals surface area (Å²) in [6.07, 6.45) is 1.91. The van der Waals surface area contributed by atoms with Crippen LogP contribution >= 0.6 is 0 Å². The molecule has 7 heteroatoms. The molecular weight excluding hydrogens is 422 g/mol. The second-order valence-electron chi connectivity index (χ2n) is 9.79. The molecule has 3 rings (SSSR count). The molecule has 0 aromatic heterocycles. The minimum absolute atomic E-state index is 0.0337. The number of nitrogen functional groups attached to an aromatic ring is 1. The van der Waals surface area contributed by atoms with E-state index >= 15 is 0 Å². The van der Waals surface area contributed by atoms with E-state index in [1.54, 1.807) is 12.1 Å². The van der Waals surface area contributed by atoms with Gasteiger partial charge in [0, 0.05) is 24.7 Å². The Bertz CT molecular complexity index is 1150. The molecule has 2 aromatic rings. The van der Waals surface area contributed by atoms with Crippen LogP contribution in [-0.2, 0) is 21.4 Å². The number of hydrogen-bond acceptors (Lipinski definition) is 5. The number of amides is 1. The highest BCUT2D eigenvalue weighted by Crippen LogP contribution is 2.36. The van der Waals surface area contributed by atoms with Gasteiger partial charge in [0.15, 0.2) is 0 Å². The normalized spacial score (nSPS) is 16.8. The minimum atomic E-state index is -4.04. The van der Waals surface area contributed by atoms with Gasteiger partial charge in [-0.2, -0.15) is 0 Å². The average molecular weight is 456 g/mol. The van der Waals surface area contributed by atoms with E-state index in [-0.39, 0.29) is 16.2 Å². The maximum atomic E-state index is 13.2. The van der Waals surface area contributed by atoms with Crippen molar-refractivity contribution in [1.82, 2.24) is 9.62 Å². The molecule has 1 atom stereocenters. The standard InChI is InChI=1S/C25H33N3O3S/c1-16-10-17(2)22(18(3)11-16)15-28-14-19(25(4,5)6)12-23(28)24(29)27-32(30,31)21-9-7-8-20(26)13-21/h7-13,19H,14-15,26H2,1-6H3,(H,27,29). The van der Waals surface area contributed by atoms with Crippen molar-refractivity contribution in [3.63, 3.8) is 0 Å². The fraction of sp³-hybridized carbons (Fsp3) is 0.400. The van der Waals surface area contributed by atoms with Gasteiger partial charge >= 0.3 is 0 Å². The maximum absolute atomic E-state index is 13.2. The largest absolute Gasteiger partial charge is 0.399 e. The highest BCUT2D eigenvalue weighted by molar-refractivity contribution is 7.90. The predicted molar refractivity (Wildman–Crippen MR) is 128 cm³/mol. The fourth-order valence-electron chi connectivity index (χ4n) is 4.14. The first-order valence-corrected chi connectivity index (χ1v) is 12.2. The number of nitrogens with one attached hydrogen (secondary N) is 1. The van der Waals surface area contributed by atoms with Crippen LogP contribution in [0.1, 0.15) is 43.0 Å². The molecule has 1 amide bonds. The quantitative estimate of drug-likeness (QED) is 0.663. The first-order valence-electron chi connectivity index (χ1n) is 10.7. The first-order chi connectivity index (χ1) is 14.8. The van der Waals surface area contributed by atoms with Crippen molar-refractivity contribution in [3.8, 4) is 0 Å². The van der Waals surface area contributed by atoms with Gasteiger partial charge < -0.3 is 10.6 Å². The number of anilines is 1. The van der Waals surface area contributed by atoms with Crippen LogP contribution in [0.15, 0.2) is 53.1 Å². The van der Waals surface area contributed by atoms with Gasteiger partial charge in [-0.25, -0.2) is 13.1 Å². The van der Waals surface area contributed by atoms with E-state index in [4.69, 9.17) is 5.73 Å². The number of aryl methyl sites for hydroxylation is 3. The van der Waals surface area contributed by atoms with Crippen molar-refractivity contribution in [1.29, 1.82) is 0 Å². The molecular formula is C25H33N3O3S. The van der Waals surface area contributed by atoms with Crippen LogP contribution < -0.4 is 10.5 Å². The zero-order valence-electron chi connectivity index (χ0n) is 19.7. The summed E-state index contributed by atoms with van der Waals surface area (Å²) in [5, 5.41) is 0. The lowest BCUT2D eigenvalue weighted by molar-refractivity contribution is -0.117. The molecule has 1 aliphatic rings. The lowest BCUT2D eigenvalue weighted by Crippen LogP contribution is -2.37. The number of nitrogens with two attached hydrogens (primary N) is 1. The molecule has 0 saturated heterocycles. The smallest absolute Gasteiger partial charge is 0.280 e. The molecule has 0 spiro atoms. The van der Waals surface area contributed by atoms with E-state index in [0.717, 1.165) is 16.7 Å². The molecule has 32 heavy (non-hydrogen) atoms. The van der Waals surface area contributed by atoms with E-state index in [1.807, 2.05) is 11.0 Å². The molecule has 2 aromatic carbocycles. The van der Waals surface area contributed by atoms with Crippen LogP contribution in [0.4, 0.5) is 5.69 Å². The summed E-state index contributed by atoms with van der Waals surface area (Å²) < 4.78 is 27.9. The molecule has 1 aliphatic heterocycles. The van der Waals surface area contributed by atoms with Gasteiger partial charge in [0.2, 0.25) is 0 Å². The summed E-state index contributed by atoms with van der Waals surface area (Å²) in [7, 11) is -4.04. The van der Waals surface area contributed by atoms with Gasteiger partial charge in [0.05, 0.1) is 4.90 Å². The van der Waals surface area contributed by atoms with E-state index in [9.17, 15) is 13.2 Å². The highest BCUT2D eigenvalue weighted by Gasteiger charge is 2.36. The summed E-state index contributed by atoms with van der Waals surface area (Å²) in [4.78, 5) is 15.1. The lowest BCUT2D eigenvalue weighted by Gasteiger charge is -2.29. The zero-order valence-corrected chi connectivity index (χ0v) is 20.5. The Labute approximate surface area is 191 Å². The second kappa shape index (κ2) is 8.62. The summed E-state index contributed by atoms with van der Waals surface area (Å²) in [5.41, 5.74) is 11.0. The van der Waals surface area contributed by atoms with Crippen molar-refractivity contribution < 1.29 is 13.2 Å². The van der Waals surface area contributed by atoms with Crippen LogP contribution in [0.25, 0.3) is 0 Å². The zero-order chi connectivity index (χ0) is 23.8. The molecule has 0 radical (unpaired) electrons. The third-order valence-electron chi connectivity index (χ3n) is 6.05. The fourth-order valence-corrected chi connectivity index (χ4v) is 5.16. The van der Waals surface area contributed by atoms with Crippen LogP contribution in [0.5, 0.6) is 0 Å². The van der Waals surface area contributed by atoms with Crippen molar-refractivity contribution in [2.24, 2.45) is 11.3 Å². The molecule has 6 nitrogen and oxygen atoms in total. The van der Waals surface area contributed by atoms with Gasteiger partial charge in [0.25, 0.3) is 15.9 Å². The van der Waals surface area contributed by atoms with Gasteiger partial charge in [-0.15, -0.1) is 0 Å². The monoisotopic (exact) mass is 455 g/mol. The van der Waals surface area contributed by atoms with Crippen LogP contribution in [0, 0.1) is 32.1 Å². The second-order valence-corrected chi connectivity index (χ2v) is 11.5. The van der Waals surface area contributed by atoms with Gasteiger partial charge in [-0.05, 0) is 67.2 Å². The Morgan fingerprint density at radius 3 is 2.31 bits per heavy atom. The topological polar surface area (TPSA) is 92.5 Å². The Morgan fingerprint density at radius 1 is 1.12 bits per heavy atom. The Kier molecular flexibility index (Phi) is 6.43.